The van der Waals surface area contributed by atoms with Gasteiger partial charge in [0.15, 0.2) is 8.32 Å². The Morgan fingerprint density at radius 2 is 1.87 bits per heavy atom. The molecule has 2 rings (SSSR count). The van der Waals surface area contributed by atoms with E-state index in [0.29, 0.717) is 17.4 Å². The third-order valence-electron chi connectivity index (χ3n) is 7.28. The first-order chi connectivity index (χ1) is 10.4. The van der Waals surface area contributed by atoms with Gasteiger partial charge in [-0.15, -0.1) is 0 Å². The van der Waals surface area contributed by atoms with E-state index < -0.39 is 8.32 Å². The van der Waals surface area contributed by atoms with Crippen LogP contribution in [0.4, 0.5) is 0 Å². The van der Waals surface area contributed by atoms with Crippen LogP contribution in [0.1, 0.15) is 61.3 Å². The van der Waals surface area contributed by atoms with Crippen LogP contribution in [0.5, 0.6) is 0 Å². The molecule has 134 valence electrons. The van der Waals surface area contributed by atoms with Crippen LogP contribution >= 0.6 is 0 Å². The van der Waals surface area contributed by atoms with Gasteiger partial charge in [0.25, 0.3) is 0 Å². The summed E-state index contributed by atoms with van der Waals surface area (Å²) in [4.78, 5) is 0. The minimum Gasteiger partial charge on any atom is -0.416 e. The second-order valence-corrected chi connectivity index (χ2v) is 14.9. The lowest BCUT2D eigenvalue weighted by molar-refractivity contribution is -0.0775. The molecule has 0 aromatic heterocycles. The molecule has 1 saturated carbocycles. The van der Waals surface area contributed by atoms with Crippen LogP contribution in [-0.2, 0) is 9.16 Å². The van der Waals surface area contributed by atoms with Crippen molar-refractivity contribution in [3.05, 3.63) is 11.6 Å². The molecule has 2 fully saturated rings. The van der Waals surface area contributed by atoms with Crippen LogP contribution in [-0.4, -0.2) is 27.6 Å². The Bertz CT molecular complexity index is 473. The van der Waals surface area contributed by atoms with E-state index in [1.54, 1.807) is 0 Å². The van der Waals surface area contributed by atoms with Gasteiger partial charge in [0.1, 0.15) is 0 Å². The van der Waals surface area contributed by atoms with Crippen molar-refractivity contribution in [2.75, 3.05) is 13.2 Å². The Balaban J connectivity index is 2.29. The molecule has 0 aromatic rings. The molecular formula is C20H38O2Si. The first-order valence-electron chi connectivity index (χ1n) is 9.27. The molecule has 0 bridgehead atoms. The Morgan fingerprint density at radius 3 is 2.39 bits per heavy atom. The third kappa shape index (κ3) is 3.21. The first kappa shape index (κ1) is 19.2. The summed E-state index contributed by atoms with van der Waals surface area (Å²) in [7, 11) is -1.72. The molecule has 0 radical (unpaired) electrons. The number of ether oxygens (including phenoxy) is 1. The lowest BCUT2D eigenvalue weighted by Gasteiger charge is -2.53. The smallest absolute Gasteiger partial charge is 0.191 e. The number of allylic oxidation sites excluding steroid dienone is 1. The van der Waals surface area contributed by atoms with Crippen molar-refractivity contribution in [1.29, 1.82) is 0 Å². The van der Waals surface area contributed by atoms with Crippen molar-refractivity contribution in [2.24, 2.45) is 16.7 Å². The van der Waals surface area contributed by atoms with E-state index in [0.717, 1.165) is 13.2 Å². The highest BCUT2D eigenvalue weighted by Crippen LogP contribution is 2.58. The second-order valence-electron chi connectivity index (χ2n) is 10.0. The minimum absolute atomic E-state index is 0.138. The van der Waals surface area contributed by atoms with Gasteiger partial charge in [-0.05, 0) is 54.8 Å². The van der Waals surface area contributed by atoms with E-state index in [-0.39, 0.29) is 10.5 Å². The number of rotatable bonds is 3. The summed E-state index contributed by atoms with van der Waals surface area (Å²) in [6.07, 6.45) is 5.07. The summed E-state index contributed by atoms with van der Waals surface area (Å²) in [5.74, 6) is 0.525. The molecule has 3 atom stereocenters. The average molecular weight is 339 g/mol. The van der Waals surface area contributed by atoms with Crippen molar-refractivity contribution in [1.82, 2.24) is 0 Å². The fraction of sp³-hybridized carbons (Fsp3) is 0.900. The maximum Gasteiger partial charge on any atom is 0.191 e. The zero-order chi connectivity index (χ0) is 17.7. The van der Waals surface area contributed by atoms with Crippen LogP contribution in [0.15, 0.2) is 11.6 Å². The van der Waals surface area contributed by atoms with Gasteiger partial charge < -0.3 is 9.16 Å². The molecule has 0 amide bonds. The molecule has 1 saturated heterocycles. The number of fused-ring (bicyclic) bond motifs is 1. The van der Waals surface area contributed by atoms with Crippen LogP contribution in [0.2, 0.25) is 18.1 Å². The van der Waals surface area contributed by atoms with Gasteiger partial charge in [-0.2, -0.15) is 0 Å². The highest BCUT2D eigenvalue weighted by molar-refractivity contribution is 6.74. The maximum absolute atomic E-state index is 6.69. The second kappa shape index (κ2) is 6.00. The Hall–Kier alpha value is -0.123. The molecule has 0 unspecified atom stereocenters. The van der Waals surface area contributed by atoms with Gasteiger partial charge in [-0.25, -0.2) is 0 Å². The quantitative estimate of drug-likeness (QED) is 0.478. The molecule has 2 nitrogen and oxygen atoms in total. The van der Waals surface area contributed by atoms with Gasteiger partial charge in [0.2, 0.25) is 0 Å². The highest BCUT2D eigenvalue weighted by atomic mass is 28.4. The van der Waals surface area contributed by atoms with Gasteiger partial charge in [-0.3, -0.25) is 0 Å². The van der Waals surface area contributed by atoms with Crippen LogP contribution in [0.25, 0.3) is 0 Å². The predicted octanol–water partition coefficient (Wildman–Crippen LogP) is 5.80. The van der Waals surface area contributed by atoms with Gasteiger partial charge in [0.05, 0.1) is 12.7 Å². The van der Waals surface area contributed by atoms with Gasteiger partial charge in [0, 0.05) is 12.0 Å². The maximum atomic E-state index is 6.69. The summed E-state index contributed by atoms with van der Waals surface area (Å²) in [5.41, 5.74) is 1.92. The summed E-state index contributed by atoms with van der Waals surface area (Å²) in [6, 6.07) is 0. The Labute approximate surface area is 145 Å². The van der Waals surface area contributed by atoms with Gasteiger partial charge >= 0.3 is 0 Å². The van der Waals surface area contributed by atoms with Crippen LogP contribution < -0.4 is 0 Å². The molecule has 0 aromatic carbocycles. The summed E-state index contributed by atoms with van der Waals surface area (Å²) < 4.78 is 12.9. The zero-order valence-electron chi connectivity index (χ0n) is 16.9. The van der Waals surface area contributed by atoms with Crippen molar-refractivity contribution in [2.45, 2.75) is 85.5 Å². The van der Waals surface area contributed by atoms with Crippen molar-refractivity contribution in [3.63, 3.8) is 0 Å². The zero-order valence-corrected chi connectivity index (χ0v) is 17.9. The van der Waals surface area contributed by atoms with E-state index in [2.05, 4.69) is 67.6 Å². The highest BCUT2D eigenvalue weighted by Gasteiger charge is 2.57. The molecular weight excluding hydrogens is 300 g/mol. The van der Waals surface area contributed by atoms with E-state index in [1.807, 2.05) is 0 Å². The largest absolute Gasteiger partial charge is 0.416 e. The Kier molecular flexibility index (Phi) is 5.01. The minimum atomic E-state index is -1.72. The van der Waals surface area contributed by atoms with Gasteiger partial charge in [-0.1, -0.05) is 47.6 Å². The molecule has 3 heteroatoms. The first-order valence-corrected chi connectivity index (χ1v) is 12.2. The number of hydrogen-bond donors (Lipinski definition) is 0. The van der Waals surface area contributed by atoms with E-state index in [1.165, 1.54) is 18.4 Å². The predicted molar refractivity (Wildman–Crippen MR) is 101 cm³/mol. The van der Waals surface area contributed by atoms with E-state index in [4.69, 9.17) is 9.16 Å². The molecule has 1 heterocycles. The average Bonchev–Trinajstić information content (AvgIpc) is 2.72. The van der Waals surface area contributed by atoms with E-state index >= 15 is 0 Å². The summed E-state index contributed by atoms with van der Waals surface area (Å²) >= 11 is 0. The summed E-state index contributed by atoms with van der Waals surface area (Å²) in [6.45, 7) is 22.8. The van der Waals surface area contributed by atoms with Crippen LogP contribution in [0, 0.1) is 16.7 Å². The van der Waals surface area contributed by atoms with Crippen molar-refractivity contribution < 1.29 is 9.16 Å². The molecule has 2 aliphatic rings. The summed E-state index contributed by atoms with van der Waals surface area (Å²) in [5, 5.41) is 0.266. The normalized spacial score (nSPS) is 36.3. The van der Waals surface area contributed by atoms with Crippen molar-refractivity contribution >= 4 is 8.32 Å². The number of hydrogen-bond acceptors (Lipinski definition) is 2. The van der Waals surface area contributed by atoms with Crippen LogP contribution in [0.3, 0.4) is 0 Å². The molecule has 23 heavy (non-hydrogen) atoms. The Morgan fingerprint density at radius 1 is 1.26 bits per heavy atom. The molecule has 1 aliphatic heterocycles. The lowest BCUT2D eigenvalue weighted by Crippen LogP contribution is -2.53. The van der Waals surface area contributed by atoms with Crippen molar-refractivity contribution in [3.8, 4) is 0 Å². The SMILES string of the molecule is C/C=C1\CO[C@H]2CCC(C)(C)[C@H](CO[Si](C)(C)C(C)(C)C)[C@@]12C. The molecule has 0 N–H and O–H groups in total. The topological polar surface area (TPSA) is 18.5 Å². The lowest BCUT2D eigenvalue weighted by atomic mass is 9.54. The van der Waals surface area contributed by atoms with E-state index in [9.17, 15) is 0 Å². The monoisotopic (exact) mass is 338 g/mol. The third-order valence-corrected chi connectivity index (χ3v) is 11.8. The fourth-order valence-corrected chi connectivity index (χ4v) is 5.36. The fourth-order valence-electron chi connectivity index (χ4n) is 4.35. The molecule has 0 spiro atoms. The molecule has 1 aliphatic carbocycles. The standard InChI is InChI=1S/C20H38O2Si/c1-10-15-13-21-17-11-12-19(5,6)16(20(15,17)7)14-22-23(8,9)18(2,3)4/h10,16-17H,11-14H2,1-9H3/b15-10+/t16-,17-,20+/m0/s1.